The van der Waals surface area contributed by atoms with Crippen molar-refractivity contribution in [2.24, 2.45) is 0 Å². The SMILES string of the molecule is CCCCC[C@@]1(C)N[C@H](c2ccccc2)COC1=O. The van der Waals surface area contributed by atoms with E-state index in [0.29, 0.717) is 6.61 Å². The van der Waals surface area contributed by atoms with Crippen molar-refractivity contribution < 1.29 is 9.53 Å². The number of cyclic esters (lactones) is 1. The molecule has 0 bridgehead atoms. The van der Waals surface area contributed by atoms with E-state index in [4.69, 9.17) is 4.74 Å². The normalized spacial score (nSPS) is 27.1. The molecular weight excluding hydrogens is 238 g/mol. The Hall–Kier alpha value is -1.35. The minimum Gasteiger partial charge on any atom is -0.462 e. The number of benzene rings is 1. The van der Waals surface area contributed by atoms with Crippen LogP contribution in [-0.4, -0.2) is 18.1 Å². The van der Waals surface area contributed by atoms with Crippen molar-refractivity contribution in [3.8, 4) is 0 Å². The molecule has 3 heteroatoms. The topological polar surface area (TPSA) is 38.3 Å². The van der Waals surface area contributed by atoms with Gasteiger partial charge >= 0.3 is 5.97 Å². The number of ether oxygens (including phenoxy) is 1. The molecule has 1 aromatic carbocycles. The highest BCUT2D eigenvalue weighted by molar-refractivity contribution is 5.81. The zero-order valence-corrected chi connectivity index (χ0v) is 11.8. The van der Waals surface area contributed by atoms with Crippen LogP contribution < -0.4 is 5.32 Å². The zero-order valence-electron chi connectivity index (χ0n) is 11.8. The summed E-state index contributed by atoms with van der Waals surface area (Å²) in [4.78, 5) is 12.0. The molecule has 1 N–H and O–H groups in total. The van der Waals surface area contributed by atoms with E-state index in [1.54, 1.807) is 0 Å². The fourth-order valence-corrected chi connectivity index (χ4v) is 2.57. The van der Waals surface area contributed by atoms with E-state index >= 15 is 0 Å². The first-order valence-electron chi connectivity index (χ1n) is 7.15. The predicted octanol–water partition coefficient (Wildman–Crippen LogP) is 3.21. The van der Waals surface area contributed by atoms with Gasteiger partial charge in [-0.25, -0.2) is 0 Å². The van der Waals surface area contributed by atoms with Crippen molar-refractivity contribution in [1.29, 1.82) is 0 Å². The molecule has 0 spiro atoms. The van der Waals surface area contributed by atoms with Crippen LogP contribution in [0.2, 0.25) is 0 Å². The highest BCUT2D eigenvalue weighted by Crippen LogP contribution is 2.27. The minimum absolute atomic E-state index is 0.102. The van der Waals surface area contributed by atoms with Crippen LogP contribution in [0.3, 0.4) is 0 Å². The molecule has 1 fully saturated rings. The molecule has 0 saturated carbocycles. The molecule has 1 aliphatic rings. The number of morpholine rings is 1. The number of nitrogens with one attached hydrogen (secondary N) is 1. The van der Waals surface area contributed by atoms with Gasteiger partial charge in [0, 0.05) is 0 Å². The van der Waals surface area contributed by atoms with Gasteiger partial charge in [-0.3, -0.25) is 10.1 Å². The smallest absolute Gasteiger partial charge is 0.326 e. The summed E-state index contributed by atoms with van der Waals surface area (Å²) in [6.07, 6.45) is 4.20. The van der Waals surface area contributed by atoms with E-state index < -0.39 is 5.54 Å². The Morgan fingerprint density at radius 3 is 2.74 bits per heavy atom. The average Bonchev–Trinajstić information content (AvgIpc) is 2.43. The van der Waals surface area contributed by atoms with E-state index in [0.717, 1.165) is 25.7 Å². The number of carbonyl (C=O) groups excluding carboxylic acids is 1. The molecule has 2 rings (SSSR count). The third-order valence-corrected chi connectivity index (χ3v) is 3.81. The summed E-state index contributed by atoms with van der Waals surface area (Å²) in [5.74, 6) is -0.115. The van der Waals surface area contributed by atoms with E-state index in [9.17, 15) is 4.79 Å². The molecule has 104 valence electrons. The maximum atomic E-state index is 12.0. The quantitative estimate of drug-likeness (QED) is 0.653. The van der Waals surface area contributed by atoms with Crippen LogP contribution in [0.4, 0.5) is 0 Å². The first-order chi connectivity index (χ1) is 9.15. The number of unbranched alkanes of at least 4 members (excludes halogenated alkanes) is 2. The minimum atomic E-state index is -0.548. The lowest BCUT2D eigenvalue weighted by Crippen LogP contribution is -2.56. The molecule has 0 unspecified atom stereocenters. The maximum Gasteiger partial charge on any atom is 0.326 e. The Balaban J connectivity index is 2.05. The van der Waals surface area contributed by atoms with Crippen LogP contribution in [-0.2, 0) is 9.53 Å². The first-order valence-corrected chi connectivity index (χ1v) is 7.15. The van der Waals surface area contributed by atoms with Crippen LogP contribution in [0, 0.1) is 0 Å². The monoisotopic (exact) mass is 261 g/mol. The molecule has 3 nitrogen and oxygen atoms in total. The largest absolute Gasteiger partial charge is 0.462 e. The van der Waals surface area contributed by atoms with Gasteiger partial charge in [-0.2, -0.15) is 0 Å². The average molecular weight is 261 g/mol. The van der Waals surface area contributed by atoms with Gasteiger partial charge in [0.1, 0.15) is 12.1 Å². The van der Waals surface area contributed by atoms with Crippen molar-refractivity contribution in [3.63, 3.8) is 0 Å². The standard InChI is InChI=1S/C16H23NO2/c1-3-4-8-11-16(2)15(18)19-12-14(17-16)13-9-6-5-7-10-13/h5-7,9-10,14,17H,3-4,8,11-12H2,1-2H3/t14-,16+/m0/s1. The van der Waals surface area contributed by atoms with Gasteiger partial charge in [-0.15, -0.1) is 0 Å². The Bertz CT molecular complexity index is 418. The first kappa shape index (κ1) is 14.1. The Morgan fingerprint density at radius 2 is 2.05 bits per heavy atom. The van der Waals surface area contributed by atoms with Crippen LogP contribution in [0.25, 0.3) is 0 Å². The van der Waals surface area contributed by atoms with E-state index in [-0.39, 0.29) is 12.0 Å². The van der Waals surface area contributed by atoms with Crippen molar-refractivity contribution in [3.05, 3.63) is 35.9 Å². The number of esters is 1. The fraction of sp³-hybridized carbons (Fsp3) is 0.562. The summed E-state index contributed by atoms with van der Waals surface area (Å²) in [5, 5.41) is 3.48. The third kappa shape index (κ3) is 3.35. The molecule has 1 saturated heterocycles. The van der Waals surface area contributed by atoms with Crippen LogP contribution in [0.15, 0.2) is 30.3 Å². The van der Waals surface area contributed by atoms with E-state index in [1.165, 1.54) is 5.56 Å². The molecule has 19 heavy (non-hydrogen) atoms. The van der Waals surface area contributed by atoms with Crippen molar-refractivity contribution in [2.75, 3.05) is 6.61 Å². The summed E-state index contributed by atoms with van der Waals surface area (Å²) >= 11 is 0. The molecule has 0 aromatic heterocycles. The summed E-state index contributed by atoms with van der Waals surface area (Å²) in [6.45, 7) is 4.55. The lowest BCUT2D eigenvalue weighted by Gasteiger charge is -2.38. The Kier molecular flexibility index (Phi) is 4.59. The molecule has 0 amide bonds. The highest BCUT2D eigenvalue weighted by atomic mass is 16.5. The molecular formula is C16H23NO2. The van der Waals surface area contributed by atoms with Gasteiger partial charge in [-0.1, -0.05) is 56.5 Å². The molecule has 1 heterocycles. The van der Waals surface area contributed by atoms with Gasteiger partial charge in [0.2, 0.25) is 0 Å². The lowest BCUT2D eigenvalue weighted by molar-refractivity contribution is -0.158. The van der Waals surface area contributed by atoms with Gasteiger partial charge < -0.3 is 4.74 Å². The van der Waals surface area contributed by atoms with Crippen LogP contribution in [0.1, 0.15) is 51.1 Å². The summed E-state index contributed by atoms with van der Waals surface area (Å²) in [7, 11) is 0. The van der Waals surface area contributed by atoms with Crippen LogP contribution >= 0.6 is 0 Å². The van der Waals surface area contributed by atoms with Crippen molar-refractivity contribution in [2.45, 2.75) is 51.1 Å². The number of hydrogen-bond donors (Lipinski definition) is 1. The second kappa shape index (κ2) is 6.20. The van der Waals surface area contributed by atoms with Crippen LogP contribution in [0.5, 0.6) is 0 Å². The predicted molar refractivity (Wildman–Crippen MR) is 75.8 cm³/mol. The lowest BCUT2D eigenvalue weighted by atomic mass is 9.90. The summed E-state index contributed by atoms with van der Waals surface area (Å²) in [5.41, 5.74) is 0.630. The van der Waals surface area contributed by atoms with Gasteiger partial charge in [0.15, 0.2) is 0 Å². The Labute approximate surface area is 115 Å². The van der Waals surface area contributed by atoms with Gasteiger partial charge in [0.25, 0.3) is 0 Å². The number of hydrogen-bond acceptors (Lipinski definition) is 3. The fourth-order valence-electron chi connectivity index (χ4n) is 2.57. The molecule has 0 aliphatic carbocycles. The van der Waals surface area contributed by atoms with E-state index in [1.807, 2.05) is 25.1 Å². The van der Waals surface area contributed by atoms with Gasteiger partial charge in [-0.05, 0) is 18.9 Å². The van der Waals surface area contributed by atoms with Crippen molar-refractivity contribution in [1.82, 2.24) is 5.32 Å². The maximum absolute atomic E-state index is 12.0. The van der Waals surface area contributed by atoms with E-state index in [2.05, 4.69) is 24.4 Å². The Morgan fingerprint density at radius 1 is 1.32 bits per heavy atom. The summed E-state index contributed by atoms with van der Waals surface area (Å²) in [6, 6.07) is 10.3. The number of rotatable bonds is 5. The summed E-state index contributed by atoms with van der Waals surface area (Å²) < 4.78 is 5.39. The highest BCUT2D eigenvalue weighted by Gasteiger charge is 2.40. The van der Waals surface area contributed by atoms with Crippen molar-refractivity contribution >= 4 is 5.97 Å². The second-order valence-corrected chi connectivity index (χ2v) is 5.50. The molecule has 0 radical (unpaired) electrons. The number of carbonyl (C=O) groups is 1. The molecule has 1 aliphatic heterocycles. The second-order valence-electron chi connectivity index (χ2n) is 5.50. The molecule has 2 atom stereocenters. The third-order valence-electron chi connectivity index (χ3n) is 3.81. The zero-order chi connectivity index (χ0) is 13.7. The van der Waals surface area contributed by atoms with Gasteiger partial charge in [0.05, 0.1) is 6.04 Å². The molecule has 1 aromatic rings.